The molecule has 0 N–H and O–H groups in total. The molecule has 0 fully saturated rings. The molecule has 0 radical (unpaired) electrons. The zero-order chi connectivity index (χ0) is 9.97. The lowest BCUT2D eigenvalue weighted by Crippen LogP contribution is -2.40. The predicted octanol–water partition coefficient (Wildman–Crippen LogP) is 0.883. The highest BCUT2D eigenvalue weighted by molar-refractivity contribution is 5.88. The summed E-state index contributed by atoms with van der Waals surface area (Å²) in [4.78, 5) is 11.5. The van der Waals surface area contributed by atoms with Gasteiger partial charge in [0, 0.05) is 19.3 Å². The van der Waals surface area contributed by atoms with Crippen LogP contribution in [0.5, 0.6) is 0 Å². The van der Waals surface area contributed by atoms with E-state index in [1.165, 1.54) is 0 Å². The Kier molecular flexibility index (Phi) is 2.54. The molecule has 0 saturated heterocycles. The third-order valence-corrected chi connectivity index (χ3v) is 2.32. The van der Waals surface area contributed by atoms with E-state index in [-0.39, 0.29) is 5.97 Å². The first kappa shape index (κ1) is 9.27. The number of ether oxygens (including phenoxy) is 1. The summed E-state index contributed by atoms with van der Waals surface area (Å²) in [7, 11) is 0. The van der Waals surface area contributed by atoms with Gasteiger partial charge in [-0.05, 0) is 13.3 Å². The number of hydrogen-bond donors (Lipinski definition) is 0. The summed E-state index contributed by atoms with van der Waals surface area (Å²) in [5.74, 6) is -0.233. The molecule has 76 valence electrons. The Labute approximate surface area is 83.4 Å². The van der Waals surface area contributed by atoms with Gasteiger partial charge in [-0.1, -0.05) is 12.2 Å². The quantitative estimate of drug-likeness (QED) is 0.611. The summed E-state index contributed by atoms with van der Waals surface area (Å²) in [6.07, 6.45) is 6.80. The highest BCUT2D eigenvalue weighted by Gasteiger charge is 2.27. The van der Waals surface area contributed by atoms with Crippen molar-refractivity contribution in [2.75, 3.05) is 19.7 Å². The highest BCUT2D eigenvalue weighted by atomic mass is 16.5. The fourth-order valence-electron chi connectivity index (χ4n) is 1.71. The van der Waals surface area contributed by atoms with Gasteiger partial charge in [-0.25, -0.2) is 9.80 Å². The van der Waals surface area contributed by atoms with Crippen molar-refractivity contribution in [2.24, 2.45) is 0 Å². The molecule has 0 aliphatic carbocycles. The Morgan fingerprint density at radius 3 is 3.29 bits per heavy atom. The molecule has 0 amide bonds. The van der Waals surface area contributed by atoms with Crippen molar-refractivity contribution in [1.29, 1.82) is 0 Å². The standard InChI is InChI=1S/C10H14N2O2/c1-2-14-10(13)9-5-3-6-11-7-4-8-12(9)11/h4-5,8H,2-3,6-7H2,1H3. The summed E-state index contributed by atoms with van der Waals surface area (Å²) < 4.78 is 4.98. The molecule has 2 aliphatic heterocycles. The Bertz CT molecular complexity index is 296. The minimum atomic E-state index is -0.233. The second-order valence-corrected chi connectivity index (χ2v) is 3.24. The maximum absolute atomic E-state index is 11.5. The molecule has 2 heterocycles. The van der Waals surface area contributed by atoms with E-state index in [0.29, 0.717) is 12.3 Å². The van der Waals surface area contributed by atoms with Crippen LogP contribution in [-0.4, -0.2) is 35.7 Å². The van der Waals surface area contributed by atoms with Crippen LogP contribution < -0.4 is 0 Å². The number of carbonyl (C=O) groups excluding carboxylic acids is 1. The van der Waals surface area contributed by atoms with Gasteiger partial charge in [-0.15, -0.1) is 0 Å². The molecule has 0 aromatic rings. The van der Waals surface area contributed by atoms with Crippen molar-refractivity contribution in [1.82, 2.24) is 10.0 Å². The SMILES string of the molecule is CCOC(=O)C1=CCCN2CC=CN12. The monoisotopic (exact) mass is 194 g/mol. The van der Waals surface area contributed by atoms with Crippen LogP contribution in [0.25, 0.3) is 0 Å². The van der Waals surface area contributed by atoms with E-state index in [2.05, 4.69) is 5.01 Å². The van der Waals surface area contributed by atoms with Crippen molar-refractivity contribution in [2.45, 2.75) is 13.3 Å². The van der Waals surface area contributed by atoms with Crippen LogP contribution in [0, 0.1) is 0 Å². The molecule has 0 unspecified atom stereocenters. The minimum Gasteiger partial charge on any atom is -0.461 e. The largest absolute Gasteiger partial charge is 0.461 e. The van der Waals surface area contributed by atoms with Gasteiger partial charge >= 0.3 is 5.97 Å². The number of carbonyl (C=O) groups is 1. The summed E-state index contributed by atoms with van der Waals surface area (Å²) >= 11 is 0. The molecule has 0 spiro atoms. The van der Waals surface area contributed by atoms with Gasteiger partial charge in [0.15, 0.2) is 0 Å². The Hall–Kier alpha value is -1.29. The minimum absolute atomic E-state index is 0.233. The van der Waals surface area contributed by atoms with Crippen LogP contribution in [0.1, 0.15) is 13.3 Å². The van der Waals surface area contributed by atoms with Crippen molar-refractivity contribution in [3.8, 4) is 0 Å². The summed E-state index contributed by atoms with van der Waals surface area (Å²) in [5, 5.41) is 3.99. The molecule has 4 nitrogen and oxygen atoms in total. The van der Waals surface area contributed by atoms with Gasteiger partial charge in [-0.3, -0.25) is 5.01 Å². The molecule has 0 saturated carbocycles. The number of esters is 1. The van der Waals surface area contributed by atoms with Crippen LogP contribution in [0.3, 0.4) is 0 Å². The third-order valence-electron chi connectivity index (χ3n) is 2.32. The molecule has 2 aliphatic rings. The average Bonchev–Trinajstić information content (AvgIpc) is 2.65. The predicted molar refractivity (Wildman–Crippen MR) is 51.9 cm³/mol. The second kappa shape index (κ2) is 3.84. The topological polar surface area (TPSA) is 32.8 Å². The molecular formula is C10H14N2O2. The first-order valence-electron chi connectivity index (χ1n) is 4.91. The Morgan fingerprint density at radius 1 is 1.64 bits per heavy atom. The zero-order valence-corrected chi connectivity index (χ0v) is 8.27. The van der Waals surface area contributed by atoms with E-state index in [1.807, 2.05) is 30.3 Å². The first-order valence-corrected chi connectivity index (χ1v) is 4.91. The van der Waals surface area contributed by atoms with Gasteiger partial charge in [0.1, 0.15) is 5.70 Å². The smallest absolute Gasteiger partial charge is 0.356 e. The maximum atomic E-state index is 11.5. The van der Waals surface area contributed by atoms with Gasteiger partial charge < -0.3 is 4.74 Å². The summed E-state index contributed by atoms with van der Waals surface area (Å²) in [6, 6.07) is 0. The number of nitrogens with zero attached hydrogens (tertiary/aromatic N) is 2. The lowest BCUT2D eigenvalue weighted by atomic mass is 10.2. The van der Waals surface area contributed by atoms with Crippen LogP contribution in [0.15, 0.2) is 24.0 Å². The van der Waals surface area contributed by atoms with Gasteiger partial charge in [-0.2, -0.15) is 0 Å². The molecule has 14 heavy (non-hydrogen) atoms. The second-order valence-electron chi connectivity index (χ2n) is 3.24. The van der Waals surface area contributed by atoms with Gasteiger partial charge in [0.25, 0.3) is 0 Å². The van der Waals surface area contributed by atoms with E-state index in [1.54, 1.807) is 0 Å². The third kappa shape index (κ3) is 1.53. The van der Waals surface area contributed by atoms with E-state index in [4.69, 9.17) is 4.74 Å². The van der Waals surface area contributed by atoms with Gasteiger partial charge in [0.2, 0.25) is 0 Å². The zero-order valence-electron chi connectivity index (χ0n) is 8.27. The van der Waals surface area contributed by atoms with Crippen molar-refractivity contribution in [3.05, 3.63) is 24.0 Å². The van der Waals surface area contributed by atoms with E-state index >= 15 is 0 Å². The Morgan fingerprint density at radius 2 is 2.50 bits per heavy atom. The van der Waals surface area contributed by atoms with E-state index in [0.717, 1.165) is 19.5 Å². The van der Waals surface area contributed by atoms with Crippen LogP contribution in [-0.2, 0) is 9.53 Å². The maximum Gasteiger partial charge on any atom is 0.356 e. The fourth-order valence-corrected chi connectivity index (χ4v) is 1.71. The molecule has 0 atom stereocenters. The number of rotatable bonds is 2. The Balaban J connectivity index is 2.13. The number of hydrogen-bond acceptors (Lipinski definition) is 4. The van der Waals surface area contributed by atoms with E-state index < -0.39 is 0 Å². The van der Waals surface area contributed by atoms with Crippen molar-refractivity contribution < 1.29 is 9.53 Å². The average molecular weight is 194 g/mol. The molecule has 0 bridgehead atoms. The van der Waals surface area contributed by atoms with Crippen molar-refractivity contribution in [3.63, 3.8) is 0 Å². The fraction of sp³-hybridized carbons (Fsp3) is 0.500. The van der Waals surface area contributed by atoms with Crippen LogP contribution in [0.2, 0.25) is 0 Å². The molecule has 0 aromatic heterocycles. The first-order chi connectivity index (χ1) is 6.83. The van der Waals surface area contributed by atoms with E-state index in [9.17, 15) is 4.79 Å². The number of hydrazine groups is 1. The lowest BCUT2D eigenvalue weighted by molar-refractivity contribution is -0.142. The molecule has 2 rings (SSSR count). The summed E-state index contributed by atoms with van der Waals surface area (Å²) in [5.41, 5.74) is 0.645. The normalized spacial score (nSPS) is 20.6. The summed E-state index contributed by atoms with van der Waals surface area (Å²) in [6.45, 7) is 4.10. The van der Waals surface area contributed by atoms with Crippen LogP contribution >= 0.6 is 0 Å². The molecule has 4 heteroatoms. The van der Waals surface area contributed by atoms with Gasteiger partial charge in [0.05, 0.1) is 6.61 Å². The lowest BCUT2D eigenvalue weighted by Gasteiger charge is -2.32. The number of fused-ring (bicyclic) bond motifs is 1. The van der Waals surface area contributed by atoms with Crippen LogP contribution in [0.4, 0.5) is 0 Å². The molecular weight excluding hydrogens is 180 g/mol. The molecule has 0 aromatic carbocycles. The van der Waals surface area contributed by atoms with Crippen molar-refractivity contribution >= 4 is 5.97 Å². The highest BCUT2D eigenvalue weighted by Crippen LogP contribution is 2.21.